The molecule has 4 nitrogen and oxygen atoms in total. The smallest absolute Gasteiger partial charge is 0.193 e. The van der Waals surface area contributed by atoms with Crippen molar-refractivity contribution in [2.75, 3.05) is 0 Å². The van der Waals surface area contributed by atoms with Crippen LogP contribution in [0.15, 0.2) is 12.2 Å². The highest BCUT2D eigenvalue weighted by Gasteiger charge is 2.71. The van der Waals surface area contributed by atoms with Crippen molar-refractivity contribution in [2.24, 2.45) is 11.3 Å². The highest BCUT2D eigenvalue weighted by molar-refractivity contribution is 6.74. The molecule has 176 valence electrons. The van der Waals surface area contributed by atoms with E-state index >= 15 is 0 Å². The number of rotatable bonds is 4. The molecule has 4 rings (SSSR count). The third-order valence-corrected chi connectivity index (χ3v) is 18.3. The monoisotopic (exact) mass is 464 g/mol. The zero-order chi connectivity index (χ0) is 23.8. The quantitative estimate of drug-likeness (QED) is 0.355. The summed E-state index contributed by atoms with van der Waals surface area (Å²) in [6, 6.07) is 0. The molecular formula is C25H44O4Si2. The summed E-state index contributed by atoms with van der Waals surface area (Å²) in [5.74, 6) is 0.406. The maximum atomic E-state index is 13.7. The van der Waals surface area contributed by atoms with E-state index in [1.165, 1.54) is 0 Å². The topological polar surface area (TPSA) is 52.6 Å². The van der Waals surface area contributed by atoms with Gasteiger partial charge >= 0.3 is 0 Å². The first-order valence-corrected chi connectivity index (χ1v) is 17.8. The Morgan fingerprint density at radius 2 is 1.48 bits per heavy atom. The zero-order valence-electron chi connectivity index (χ0n) is 21.5. The van der Waals surface area contributed by atoms with Gasteiger partial charge < -0.3 is 8.85 Å². The van der Waals surface area contributed by atoms with E-state index in [1.54, 1.807) is 0 Å². The first-order valence-electron chi connectivity index (χ1n) is 12.0. The molecule has 0 N–H and O–H groups in total. The SMILES string of the molecule is C=C1C(O[Si](C)(C)C(C)(C)C)C23CC(=O)C1(O[Si](C)(C)C(C)(C)C)CC2CCCC3=O. The molecule has 4 fully saturated rings. The molecule has 0 amide bonds. The van der Waals surface area contributed by atoms with Gasteiger partial charge in [0.05, 0.1) is 11.5 Å². The minimum Gasteiger partial charge on any atom is -0.409 e. The maximum absolute atomic E-state index is 13.7. The van der Waals surface area contributed by atoms with E-state index in [9.17, 15) is 9.59 Å². The fourth-order valence-electron chi connectivity index (χ4n) is 5.31. The van der Waals surface area contributed by atoms with Crippen LogP contribution in [0.1, 0.15) is 73.6 Å². The molecule has 6 heteroatoms. The summed E-state index contributed by atoms with van der Waals surface area (Å²) in [5, 5.41) is -0.0161. The van der Waals surface area contributed by atoms with Gasteiger partial charge in [0, 0.05) is 12.8 Å². The van der Waals surface area contributed by atoms with Crippen molar-refractivity contribution in [3.63, 3.8) is 0 Å². The largest absolute Gasteiger partial charge is 0.409 e. The fraction of sp³-hybridized carbons (Fsp3) is 0.840. The average Bonchev–Trinajstić information content (AvgIpc) is 2.57. The Bertz CT molecular complexity index is 801. The summed E-state index contributed by atoms with van der Waals surface area (Å²) in [7, 11) is -4.46. The lowest BCUT2D eigenvalue weighted by Crippen LogP contribution is -2.73. The van der Waals surface area contributed by atoms with Crippen molar-refractivity contribution >= 4 is 28.2 Å². The molecule has 1 spiro atoms. The Labute approximate surface area is 191 Å². The molecule has 4 atom stereocenters. The minimum atomic E-state index is -2.26. The second-order valence-electron chi connectivity index (χ2n) is 13.3. The zero-order valence-corrected chi connectivity index (χ0v) is 23.5. The summed E-state index contributed by atoms with van der Waals surface area (Å²) in [6.45, 7) is 26.6. The molecule has 0 aromatic carbocycles. The molecule has 31 heavy (non-hydrogen) atoms. The van der Waals surface area contributed by atoms with Crippen molar-refractivity contribution in [3.8, 4) is 0 Å². The van der Waals surface area contributed by atoms with Crippen LogP contribution < -0.4 is 0 Å². The molecule has 4 unspecified atom stereocenters. The van der Waals surface area contributed by atoms with Crippen LogP contribution in [0, 0.1) is 11.3 Å². The van der Waals surface area contributed by atoms with Gasteiger partial charge in [-0.05, 0) is 67.0 Å². The summed E-state index contributed by atoms with van der Waals surface area (Å²) >= 11 is 0. The molecule has 0 radical (unpaired) electrons. The summed E-state index contributed by atoms with van der Waals surface area (Å²) in [5.41, 5.74) is -1.01. The number of Topliss-reactive ketones (excluding diaryl/α,β-unsaturated/α-hetero) is 2. The molecular weight excluding hydrogens is 420 g/mol. The van der Waals surface area contributed by atoms with Gasteiger partial charge in [0.15, 0.2) is 22.4 Å². The Morgan fingerprint density at radius 1 is 0.935 bits per heavy atom. The Kier molecular flexibility index (Phi) is 5.83. The second-order valence-corrected chi connectivity index (χ2v) is 22.8. The number of hydrogen-bond donors (Lipinski definition) is 0. The van der Waals surface area contributed by atoms with Crippen molar-refractivity contribution in [3.05, 3.63) is 12.2 Å². The third-order valence-electron chi connectivity index (χ3n) is 9.40. The van der Waals surface area contributed by atoms with Crippen LogP contribution in [-0.2, 0) is 18.4 Å². The number of carbonyl (C=O) groups excluding carboxylic acids is 2. The van der Waals surface area contributed by atoms with Gasteiger partial charge in [0.1, 0.15) is 11.4 Å². The second kappa shape index (κ2) is 7.21. The van der Waals surface area contributed by atoms with E-state index in [1.807, 2.05) is 0 Å². The van der Waals surface area contributed by atoms with Crippen molar-refractivity contribution in [1.82, 2.24) is 0 Å². The van der Waals surface area contributed by atoms with Gasteiger partial charge in [0.25, 0.3) is 0 Å². The van der Waals surface area contributed by atoms with Crippen LogP contribution in [0.4, 0.5) is 0 Å². The molecule has 4 aliphatic rings. The number of carbonyl (C=O) groups is 2. The van der Waals surface area contributed by atoms with Crippen LogP contribution in [0.5, 0.6) is 0 Å². The van der Waals surface area contributed by atoms with Gasteiger partial charge in [-0.25, -0.2) is 0 Å². The van der Waals surface area contributed by atoms with Gasteiger partial charge in [-0.2, -0.15) is 0 Å². The standard InChI is InChI=1S/C25H44O4Si2/c1-17-21(28-30(8,9)22(2,3)4)24-16-20(27)25(17,29-31(10,11)23(5,6)7)15-18(24)13-12-14-19(24)26/h18,21H,1,12-16H2,2-11H3. The lowest BCUT2D eigenvalue weighted by molar-refractivity contribution is -0.179. The number of hydrogen-bond acceptors (Lipinski definition) is 4. The molecule has 0 aromatic rings. The minimum absolute atomic E-state index is 0.00524. The molecule has 0 saturated heterocycles. The summed E-state index contributed by atoms with van der Waals surface area (Å²) < 4.78 is 14.0. The average molecular weight is 465 g/mol. The molecule has 0 heterocycles. The predicted molar refractivity (Wildman–Crippen MR) is 131 cm³/mol. The van der Waals surface area contributed by atoms with E-state index < -0.39 is 33.8 Å². The lowest BCUT2D eigenvalue weighted by atomic mass is 9.45. The summed E-state index contributed by atoms with van der Waals surface area (Å²) in [4.78, 5) is 27.2. The van der Waals surface area contributed by atoms with Crippen molar-refractivity contribution < 1.29 is 18.4 Å². The van der Waals surface area contributed by atoms with E-state index in [0.29, 0.717) is 12.8 Å². The van der Waals surface area contributed by atoms with E-state index in [0.717, 1.165) is 18.4 Å². The molecule has 0 aromatic heterocycles. The number of fused-ring (bicyclic) bond motifs is 2. The van der Waals surface area contributed by atoms with E-state index in [2.05, 4.69) is 74.3 Å². The van der Waals surface area contributed by atoms with Gasteiger partial charge in [-0.15, -0.1) is 0 Å². The highest BCUT2D eigenvalue weighted by atomic mass is 28.4. The van der Waals surface area contributed by atoms with Crippen LogP contribution >= 0.6 is 0 Å². The third kappa shape index (κ3) is 3.60. The van der Waals surface area contributed by atoms with Crippen molar-refractivity contribution in [2.45, 2.75) is 122 Å². The molecule has 0 aliphatic heterocycles. The van der Waals surface area contributed by atoms with Gasteiger partial charge in [-0.1, -0.05) is 48.1 Å². The Hall–Kier alpha value is -0.566. The van der Waals surface area contributed by atoms with Crippen LogP contribution in [0.25, 0.3) is 0 Å². The fourth-order valence-corrected chi connectivity index (χ4v) is 8.11. The van der Waals surface area contributed by atoms with Crippen LogP contribution in [-0.4, -0.2) is 39.9 Å². The first kappa shape index (κ1) is 25.1. The van der Waals surface area contributed by atoms with Crippen molar-refractivity contribution in [1.29, 1.82) is 0 Å². The van der Waals surface area contributed by atoms with E-state index in [4.69, 9.17) is 8.85 Å². The Balaban J connectivity index is 2.14. The number of ketones is 2. The summed E-state index contributed by atoms with van der Waals surface area (Å²) in [6.07, 6.45) is 2.84. The van der Waals surface area contributed by atoms with Gasteiger partial charge in [0.2, 0.25) is 0 Å². The normalized spacial score (nSPS) is 34.8. The first-order chi connectivity index (χ1) is 13.8. The predicted octanol–water partition coefficient (Wildman–Crippen LogP) is 6.43. The van der Waals surface area contributed by atoms with Crippen LogP contribution in [0.2, 0.25) is 36.3 Å². The maximum Gasteiger partial charge on any atom is 0.193 e. The van der Waals surface area contributed by atoms with Gasteiger partial charge in [-0.3, -0.25) is 9.59 Å². The molecule has 2 bridgehead atoms. The molecule has 4 saturated carbocycles. The molecule has 4 aliphatic carbocycles. The van der Waals surface area contributed by atoms with E-state index in [-0.39, 0.29) is 34.0 Å². The highest BCUT2D eigenvalue weighted by Crippen LogP contribution is 2.64. The Morgan fingerprint density at radius 3 is 2.00 bits per heavy atom. The lowest BCUT2D eigenvalue weighted by Gasteiger charge is -2.64. The van der Waals surface area contributed by atoms with Crippen LogP contribution in [0.3, 0.4) is 0 Å².